The highest BCUT2D eigenvalue weighted by Gasteiger charge is 2.39. The molecule has 2 aromatic rings. The molecule has 3 N–H and O–H groups in total. The summed E-state index contributed by atoms with van der Waals surface area (Å²) in [5.41, 5.74) is 1.56. The summed E-state index contributed by atoms with van der Waals surface area (Å²) in [6.45, 7) is 2.35. The molecule has 142 valence electrons. The molecule has 0 aromatic heterocycles. The summed E-state index contributed by atoms with van der Waals surface area (Å²) in [6, 6.07) is 16.9. The van der Waals surface area contributed by atoms with Crippen molar-refractivity contribution in [1.29, 1.82) is 0 Å². The number of amides is 1. The lowest BCUT2D eigenvalue weighted by Gasteiger charge is -2.35. The van der Waals surface area contributed by atoms with Gasteiger partial charge in [-0.05, 0) is 55.5 Å². The molecule has 4 rings (SSSR count). The van der Waals surface area contributed by atoms with Crippen molar-refractivity contribution in [3.63, 3.8) is 0 Å². The van der Waals surface area contributed by atoms with Gasteiger partial charge in [-0.3, -0.25) is 4.79 Å². The largest absolute Gasteiger partial charge is 0.488 e. The first-order valence-electron chi connectivity index (χ1n) is 9.66. The molecule has 0 spiro atoms. The molecule has 27 heavy (non-hydrogen) atoms. The average Bonchev–Trinajstić information content (AvgIpc) is 3.14. The third-order valence-electron chi connectivity index (χ3n) is 5.73. The highest BCUT2D eigenvalue weighted by molar-refractivity contribution is 5.97. The summed E-state index contributed by atoms with van der Waals surface area (Å²) in [5, 5.41) is 16.9. The highest BCUT2D eigenvalue weighted by atomic mass is 16.5. The predicted molar refractivity (Wildman–Crippen MR) is 104 cm³/mol. The molecule has 2 aromatic carbocycles. The summed E-state index contributed by atoms with van der Waals surface area (Å²) in [4.78, 5) is 12.9. The number of hydrogen-bond acceptors (Lipinski definition) is 4. The van der Waals surface area contributed by atoms with E-state index < -0.39 is 6.10 Å². The molecular weight excluding hydrogens is 340 g/mol. The Labute approximate surface area is 159 Å². The van der Waals surface area contributed by atoms with Crippen LogP contribution in [0.1, 0.15) is 28.8 Å². The minimum absolute atomic E-state index is 0.188. The highest BCUT2D eigenvalue weighted by Crippen LogP contribution is 2.33. The molecule has 2 fully saturated rings. The van der Waals surface area contributed by atoms with Crippen LogP contribution in [0, 0.1) is 11.8 Å². The second-order valence-electron chi connectivity index (χ2n) is 7.57. The molecule has 4 atom stereocenters. The van der Waals surface area contributed by atoms with Crippen molar-refractivity contribution in [2.45, 2.75) is 31.6 Å². The second kappa shape index (κ2) is 8.11. The number of carbonyl (C=O) groups is 1. The molecule has 1 saturated carbocycles. The standard InChI is InChI=1S/C22H26N2O3/c25-20-11-17-13-23-12-16(17)10-19(20)24-22(26)18-8-4-5-9-21(18)27-14-15-6-2-1-3-7-15/h1-9,16-17,19-20,23,25H,10-14H2,(H,24,26)/t16-,17+,19-,20-/m0/s1. The van der Waals surface area contributed by atoms with E-state index in [2.05, 4.69) is 10.6 Å². The van der Waals surface area contributed by atoms with E-state index in [9.17, 15) is 9.90 Å². The Bertz CT molecular complexity index is 780. The Morgan fingerprint density at radius 3 is 2.56 bits per heavy atom. The lowest BCUT2D eigenvalue weighted by Crippen LogP contribution is -2.49. The fourth-order valence-electron chi connectivity index (χ4n) is 4.21. The van der Waals surface area contributed by atoms with E-state index in [0.29, 0.717) is 29.8 Å². The van der Waals surface area contributed by atoms with Gasteiger partial charge in [-0.15, -0.1) is 0 Å². The topological polar surface area (TPSA) is 70.6 Å². The number of aliphatic hydroxyl groups excluding tert-OH is 1. The van der Waals surface area contributed by atoms with E-state index in [1.165, 1.54) is 0 Å². The third kappa shape index (κ3) is 4.15. The number of nitrogens with one attached hydrogen (secondary N) is 2. The SMILES string of the molecule is O=C(N[C@H]1C[C@H]2CNC[C@H]2C[C@@H]1O)c1ccccc1OCc1ccccc1. The van der Waals surface area contributed by atoms with Crippen molar-refractivity contribution in [2.24, 2.45) is 11.8 Å². The molecule has 5 nitrogen and oxygen atoms in total. The smallest absolute Gasteiger partial charge is 0.255 e. The van der Waals surface area contributed by atoms with Crippen LogP contribution in [0.25, 0.3) is 0 Å². The van der Waals surface area contributed by atoms with E-state index >= 15 is 0 Å². The number of benzene rings is 2. The van der Waals surface area contributed by atoms with E-state index in [1.54, 1.807) is 6.07 Å². The third-order valence-corrected chi connectivity index (χ3v) is 5.73. The van der Waals surface area contributed by atoms with Crippen LogP contribution in [0.4, 0.5) is 0 Å². The van der Waals surface area contributed by atoms with Crippen LogP contribution >= 0.6 is 0 Å². The zero-order chi connectivity index (χ0) is 18.6. The molecule has 1 aliphatic heterocycles. The molecule has 1 aliphatic carbocycles. The lowest BCUT2D eigenvalue weighted by molar-refractivity contribution is 0.0460. The number of para-hydroxylation sites is 1. The van der Waals surface area contributed by atoms with Crippen molar-refractivity contribution in [3.05, 3.63) is 65.7 Å². The summed E-state index contributed by atoms with van der Waals surface area (Å²) in [7, 11) is 0. The van der Waals surface area contributed by atoms with Gasteiger partial charge < -0.3 is 20.5 Å². The predicted octanol–water partition coefficient (Wildman–Crippen LogP) is 2.35. The van der Waals surface area contributed by atoms with E-state index in [0.717, 1.165) is 31.5 Å². The van der Waals surface area contributed by atoms with Gasteiger partial charge in [-0.25, -0.2) is 0 Å². The molecular formula is C22H26N2O3. The quantitative estimate of drug-likeness (QED) is 0.760. The number of ether oxygens (including phenoxy) is 1. The van der Waals surface area contributed by atoms with Crippen molar-refractivity contribution >= 4 is 5.91 Å². The van der Waals surface area contributed by atoms with Crippen LogP contribution in [0.2, 0.25) is 0 Å². The van der Waals surface area contributed by atoms with Crippen LogP contribution < -0.4 is 15.4 Å². The molecule has 5 heteroatoms. The van der Waals surface area contributed by atoms with Crippen LogP contribution in [0.15, 0.2) is 54.6 Å². The fourth-order valence-corrected chi connectivity index (χ4v) is 4.21. The van der Waals surface area contributed by atoms with Gasteiger partial charge >= 0.3 is 0 Å². The molecule has 2 aliphatic rings. The summed E-state index contributed by atoms with van der Waals surface area (Å²) in [5.74, 6) is 1.43. The van der Waals surface area contributed by atoms with Gasteiger partial charge in [-0.1, -0.05) is 42.5 Å². The van der Waals surface area contributed by atoms with Crippen molar-refractivity contribution in [3.8, 4) is 5.75 Å². The van der Waals surface area contributed by atoms with Gasteiger partial charge in [-0.2, -0.15) is 0 Å². The molecule has 0 radical (unpaired) electrons. The zero-order valence-corrected chi connectivity index (χ0v) is 15.3. The van der Waals surface area contributed by atoms with E-state index in [4.69, 9.17) is 4.74 Å². The molecule has 1 heterocycles. The maximum absolute atomic E-state index is 12.9. The normalized spacial score (nSPS) is 27.0. The first-order valence-corrected chi connectivity index (χ1v) is 9.66. The maximum atomic E-state index is 12.9. The van der Waals surface area contributed by atoms with Gasteiger partial charge in [0, 0.05) is 0 Å². The maximum Gasteiger partial charge on any atom is 0.255 e. The Morgan fingerprint density at radius 2 is 1.74 bits per heavy atom. The number of rotatable bonds is 5. The second-order valence-corrected chi connectivity index (χ2v) is 7.57. The minimum atomic E-state index is -0.493. The molecule has 1 amide bonds. The number of hydrogen-bond donors (Lipinski definition) is 3. The van der Waals surface area contributed by atoms with Crippen molar-refractivity contribution < 1.29 is 14.6 Å². The summed E-state index contributed by atoms with van der Waals surface area (Å²) >= 11 is 0. The van der Waals surface area contributed by atoms with Crippen LogP contribution in [0.5, 0.6) is 5.75 Å². The Hall–Kier alpha value is -2.37. The van der Waals surface area contributed by atoms with Crippen LogP contribution in [-0.4, -0.2) is 36.2 Å². The van der Waals surface area contributed by atoms with E-state index in [1.807, 2.05) is 48.5 Å². The Balaban J connectivity index is 1.42. The van der Waals surface area contributed by atoms with Crippen molar-refractivity contribution in [2.75, 3.05) is 13.1 Å². The summed E-state index contributed by atoms with van der Waals surface area (Å²) < 4.78 is 5.90. The lowest BCUT2D eigenvalue weighted by atomic mass is 9.77. The monoisotopic (exact) mass is 366 g/mol. The number of carbonyl (C=O) groups excluding carboxylic acids is 1. The first kappa shape index (κ1) is 18.0. The minimum Gasteiger partial charge on any atom is -0.488 e. The molecule has 0 unspecified atom stereocenters. The molecule has 0 bridgehead atoms. The van der Waals surface area contributed by atoms with Gasteiger partial charge in [0.15, 0.2) is 0 Å². The van der Waals surface area contributed by atoms with Crippen LogP contribution in [-0.2, 0) is 6.61 Å². The average molecular weight is 366 g/mol. The molecule has 1 saturated heterocycles. The van der Waals surface area contributed by atoms with Gasteiger partial charge in [0.2, 0.25) is 0 Å². The number of fused-ring (bicyclic) bond motifs is 1. The fraction of sp³-hybridized carbons (Fsp3) is 0.409. The van der Waals surface area contributed by atoms with E-state index in [-0.39, 0.29) is 11.9 Å². The Kier molecular flexibility index (Phi) is 5.41. The zero-order valence-electron chi connectivity index (χ0n) is 15.3. The Morgan fingerprint density at radius 1 is 1.04 bits per heavy atom. The van der Waals surface area contributed by atoms with Crippen LogP contribution in [0.3, 0.4) is 0 Å². The van der Waals surface area contributed by atoms with Gasteiger partial charge in [0.05, 0.1) is 17.7 Å². The number of aliphatic hydroxyl groups is 1. The first-order chi connectivity index (χ1) is 13.2. The summed E-state index contributed by atoms with van der Waals surface area (Å²) in [6.07, 6.45) is 1.07. The van der Waals surface area contributed by atoms with Gasteiger partial charge in [0.1, 0.15) is 12.4 Å². The van der Waals surface area contributed by atoms with Crippen molar-refractivity contribution in [1.82, 2.24) is 10.6 Å². The van der Waals surface area contributed by atoms with Gasteiger partial charge in [0.25, 0.3) is 5.91 Å².